The summed E-state index contributed by atoms with van der Waals surface area (Å²) < 4.78 is 32.5. The molecule has 2 aromatic carbocycles. The highest BCUT2D eigenvalue weighted by Crippen LogP contribution is 2.17. The van der Waals surface area contributed by atoms with Crippen molar-refractivity contribution in [2.45, 2.75) is 25.7 Å². The number of likely N-dealkylation sites (N-methyl/N-ethyl adjacent to an activating group) is 1. The number of amides is 1. The highest BCUT2D eigenvalue weighted by Gasteiger charge is 2.19. The highest BCUT2D eigenvalue weighted by atomic mass is 32.2. The van der Waals surface area contributed by atoms with Crippen LogP contribution in [0.1, 0.15) is 28.4 Å². The Hall–Kier alpha value is -2.38. The number of aryl methyl sites for hydroxylation is 2. The van der Waals surface area contributed by atoms with Crippen LogP contribution in [-0.2, 0) is 10.0 Å². The first-order valence-corrected chi connectivity index (χ1v) is 10.3. The van der Waals surface area contributed by atoms with Crippen LogP contribution in [0.3, 0.4) is 0 Å². The van der Waals surface area contributed by atoms with Crippen LogP contribution < -0.4 is 9.46 Å². The zero-order valence-electron chi connectivity index (χ0n) is 16.2. The number of carbonyl (C=O) groups is 1. The number of hydrogen-bond donors (Lipinski definition) is 1. The fourth-order valence-electron chi connectivity index (χ4n) is 2.58. The second-order valence-corrected chi connectivity index (χ2v) is 8.14. The van der Waals surface area contributed by atoms with Gasteiger partial charge in [0.1, 0.15) is 12.4 Å². The smallest absolute Gasteiger partial charge is 0.254 e. The number of benzene rings is 2. The van der Waals surface area contributed by atoms with Crippen molar-refractivity contribution in [2.24, 2.45) is 0 Å². The van der Waals surface area contributed by atoms with Gasteiger partial charge in [-0.1, -0.05) is 25.1 Å². The lowest BCUT2D eigenvalue weighted by molar-refractivity contribution is 0.0773. The minimum Gasteiger partial charge on any atom is -0.492 e. The molecule has 146 valence electrons. The molecule has 7 heteroatoms. The zero-order valence-corrected chi connectivity index (χ0v) is 17.0. The van der Waals surface area contributed by atoms with E-state index in [9.17, 15) is 13.2 Å². The summed E-state index contributed by atoms with van der Waals surface area (Å²) in [6.45, 7) is 6.50. The van der Waals surface area contributed by atoms with Crippen LogP contribution in [0, 0.1) is 13.8 Å². The summed E-state index contributed by atoms with van der Waals surface area (Å²) in [6.07, 6.45) is 0. The van der Waals surface area contributed by atoms with Gasteiger partial charge in [0.15, 0.2) is 0 Å². The molecule has 0 spiro atoms. The van der Waals surface area contributed by atoms with Gasteiger partial charge < -0.3 is 9.64 Å². The Kier molecular flexibility index (Phi) is 6.98. The SMILES string of the molecule is CCNS(=O)(=O)c1ccc(C)c(C(=O)N(C)CCOc2cccc(C)c2)c1. The van der Waals surface area contributed by atoms with E-state index in [0.29, 0.717) is 18.7 Å². The van der Waals surface area contributed by atoms with Crippen LogP contribution in [0.25, 0.3) is 0 Å². The van der Waals surface area contributed by atoms with Crippen molar-refractivity contribution < 1.29 is 17.9 Å². The van der Waals surface area contributed by atoms with Gasteiger partial charge in [0.25, 0.3) is 5.91 Å². The van der Waals surface area contributed by atoms with Crippen molar-refractivity contribution in [3.63, 3.8) is 0 Å². The maximum absolute atomic E-state index is 12.8. The topological polar surface area (TPSA) is 75.7 Å². The molecule has 27 heavy (non-hydrogen) atoms. The maximum Gasteiger partial charge on any atom is 0.254 e. The summed E-state index contributed by atoms with van der Waals surface area (Å²) in [7, 11) is -1.94. The minimum atomic E-state index is -3.61. The molecule has 6 nitrogen and oxygen atoms in total. The second kappa shape index (κ2) is 9.01. The Morgan fingerprint density at radius 2 is 1.89 bits per heavy atom. The predicted octanol–water partition coefficient (Wildman–Crippen LogP) is 2.75. The Balaban J connectivity index is 2.07. The van der Waals surface area contributed by atoms with Crippen molar-refractivity contribution in [1.29, 1.82) is 0 Å². The summed E-state index contributed by atoms with van der Waals surface area (Å²) in [5, 5.41) is 0. The van der Waals surface area contributed by atoms with Gasteiger partial charge in [-0.05, 0) is 49.2 Å². The third-order valence-electron chi connectivity index (χ3n) is 4.12. The fourth-order valence-corrected chi connectivity index (χ4v) is 3.65. The quantitative estimate of drug-likeness (QED) is 0.752. The van der Waals surface area contributed by atoms with E-state index in [1.54, 1.807) is 27.0 Å². The molecule has 0 saturated carbocycles. The van der Waals surface area contributed by atoms with Gasteiger partial charge in [0, 0.05) is 19.2 Å². The van der Waals surface area contributed by atoms with E-state index in [1.165, 1.54) is 17.0 Å². The lowest BCUT2D eigenvalue weighted by Crippen LogP contribution is -2.31. The predicted molar refractivity (Wildman–Crippen MR) is 106 cm³/mol. The Labute approximate surface area is 161 Å². The lowest BCUT2D eigenvalue weighted by atomic mass is 10.1. The Morgan fingerprint density at radius 1 is 1.15 bits per heavy atom. The van der Waals surface area contributed by atoms with Gasteiger partial charge in [-0.3, -0.25) is 4.79 Å². The number of carbonyl (C=O) groups excluding carboxylic acids is 1. The molecule has 0 aliphatic rings. The van der Waals surface area contributed by atoms with E-state index in [0.717, 1.165) is 16.9 Å². The lowest BCUT2D eigenvalue weighted by Gasteiger charge is -2.19. The number of rotatable bonds is 8. The van der Waals surface area contributed by atoms with Gasteiger partial charge in [0.2, 0.25) is 10.0 Å². The average molecular weight is 391 g/mol. The van der Waals surface area contributed by atoms with Crippen LogP contribution in [0.2, 0.25) is 0 Å². The van der Waals surface area contributed by atoms with Gasteiger partial charge >= 0.3 is 0 Å². The van der Waals surface area contributed by atoms with E-state index in [1.807, 2.05) is 31.2 Å². The first-order chi connectivity index (χ1) is 12.7. The summed E-state index contributed by atoms with van der Waals surface area (Å²) in [5.74, 6) is 0.514. The van der Waals surface area contributed by atoms with Crippen molar-refractivity contribution in [3.8, 4) is 5.75 Å². The van der Waals surface area contributed by atoms with Crippen LogP contribution in [0.15, 0.2) is 47.4 Å². The zero-order chi connectivity index (χ0) is 20.0. The van der Waals surface area contributed by atoms with Crippen LogP contribution in [-0.4, -0.2) is 46.0 Å². The molecule has 1 amide bonds. The van der Waals surface area contributed by atoms with Gasteiger partial charge in [-0.2, -0.15) is 0 Å². The molecular weight excluding hydrogens is 364 g/mol. The molecule has 0 bridgehead atoms. The number of nitrogens with zero attached hydrogens (tertiary/aromatic N) is 1. The molecule has 0 aromatic heterocycles. The van der Waals surface area contributed by atoms with E-state index < -0.39 is 10.0 Å². The highest BCUT2D eigenvalue weighted by molar-refractivity contribution is 7.89. The fraction of sp³-hybridized carbons (Fsp3) is 0.350. The maximum atomic E-state index is 12.8. The molecule has 0 fully saturated rings. The largest absolute Gasteiger partial charge is 0.492 e. The van der Waals surface area contributed by atoms with Gasteiger partial charge in [0.05, 0.1) is 11.4 Å². The molecule has 0 atom stereocenters. The summed E-state index contributed by atoms with van der Waals surface area (Å²) in [4.78, 5) is 14.4. The molecule has 0 aliphatic carbocycles. The number of sulfonamides is 1. The van der Waals surface area contributed by atoms with Crippen LogP contribution in [0.5, 0.6) is 5.75 Å². The van der Waals surface area contributed by atoms with Crippen LogP contribution >= 0.6 is 0 Å². The van der Waals surface area contributed by atoms with E-state index in [4.69, 9.17) is 4.74 Å². The minimum absolute atomic E-state index is 0.0858. The number of ether oxygens (including phenoxy) is 1. The van der Waals surface area contributed by atoms with Crippen molar-refractivity contribution in [3.05, 3.63) is 59.2 Å². The molecule has 2 aromatic rings. The molecule has 0 saturated heterocycles. The van der Waals surface area contributed by atoms with Crippen molar-refractivity contribution in [1.82, 2.24) is 9.62 Å². The van der Waals surface area contributed by atoms with Crippen molar-refractivity contribution in [2.75, 3.05) is 26.7 Å². The first-order valence-electron chi connectivity index (χ1n) is 8.80. The molecule has 2 rings (SSSR count). The third kappa shape index (κ3) is 5.55. The summed E-state index contributed by atoms with van der Waals surface area (Å²) >= 11 is 0. The molecule has 0 radical (unpaired) electrons. The molecule has 0 aliphatic heterocycles. The van der Waals surface area contributed by atoms with Gasteiger partial charge in [-0.25, -0.2) is 13.1 Å². The average Bonchev–Trinajstić information content (AvgIpc) is 2.61. The van der Waals surface area contributed by atoms with E-state index in [2.05, 4.69) is 4.72 Å². The summed E-state index contributed by atoms with van der Waals surface area (Å²) in [5.41, 5.74) is 2.19. The second-order valence-electron chi connectivity index (χ2n) is 6.37. The monoisotopic (exact) mass is 390 g/mol. The normalized spacial score (nSPS) is 11.3. The number of nitrogens with one attached hydrogen (secondary N) is 1. The number of hydrogen-bond acceptors (Lipinski definition) is 4. The Morgan fingerprint density at radius 3 is 2.56 bits per heavy atom. The van der Waals surface area contributed by atoms with Gasteiger partial charge in [-0.15, -0.1) is 0 Å². The molecule has 0 unspecified atom stereocenters. The third-order valence-corrected chi connectivity index (χ3v) is 5.66. The first kappa shape index (κ1) is 20.9. The standard InChI is InChI=1S/C20H26N2O4S/c1-5-21-27(24,25)18-10-9-16(3)19(14-18)20(23)22(4)11-12-26-17-8-6-7-15(2)13-17/h6-10,13-14,21H,5,11-12H2,1-4H3. The van der Waals surface area contributed by atoms with E-state index in [-0.39, 0.29) is 17.3 Å². The molecule has 1 N–H and O–H groups in total. The van der Waals surface area contributed by atoms with Crippen LogP contribution in [0.4, 0.5) is 0 Å². The molecular formula is C20H26N2O4S. The molecule has 0 heterocycles. The van der Waals surface area contributed by atoms with E-state index >= 15 is 0 Å². The Bertz CT molecular complexity index is 910. The van der Waals surface area contributed by atoms with Crippen molar-refractivity contribution >= 4 is 15.9 Å². The summed E-state index contributed by atoms with van der Waals surface area (Å²) in [6, 6.07) is 12.3.